The highest BCUT2D eigenvalue weighted by molar-refractivity contribution is 5.90. The molecule has 0 unspecified atom stereocenters. The van der Waals surface area contributed by atoms with E-state index < -0.39 is 5.60 Å². The molecule has 5 rings (SSSR count). The smallest absolute Gasteiger partial charge is 0.158 e. The van der Waals surface area contributed by atoms with Crippen molar-refractivity contribution in [1.82, 2.24) is 29.5 Å². The highest BCUT2D eigenvalue weighted by atomic mass is 16.3. The van der Waals surface area contributed by atoms with E-state index in [-0.39, 0.29) is 0 Å². The van der Waals surface area contributed by atoms with E-state index in [9.17, 15) is 5.11 Å². The van der Waals surface area contributed by atoms with Crippen LogP contribution in [0.3, 0.4) is 0 Å². The summed E-state index contributed by atoms with van der Waals surface area (Å²) in [6, 6.07) is 4.28. The molecule has 34 heavy (non-hydrogen) atoms. The van der Waals surface area contributed by atoms with Crippen LogP contribution in [0, 0.1) is 13.8 Å². The number of nitrogens with zero attached hydrogens (tertiary/aromatic N) is 6. The summed E-state index contributed by atoms with van der Waals surface area (Å²) in [4.78, 5) is 17.9. The topological polar surface area (TPSA) is 85.6 Å². The summed E-state index contributed by atoms with van der Waals surface area (Å²) >= 11 is 0. The zero-order valence-corrected chi connectivity index (χ0v) is 21.1. The van der Waals surface area contributed by atoms with Crippen LogP contribution < -0.4 is 4.90 Å². The molecule has 4 aromatic heterocycles. The second-order valence-electron chi connectivity index (χ2n) is 10.5. The van der Waals surface area contributed by atoms with Gasteiger partial charge in [-0.05, 0) is 56.9 Å². The first kappa shape index (κ1) is 22.8. The fraction of sp³-hybridized carbons (Fsp3) is 0.500. The minimum atomic E-state index is -0.668. The maximum atomic E-state index is 10.2. The molecule has 8 heteroatoms. The fourth-order valence-corrected chi connectivity index (χ4v) is 5.16. The molecule has 0 radical (unpaired) electrons. The number of hydrogen-bond donors (Lipinski definition) is 2. The maximum Gasteiger partial charge on any atom is 0.158 e. The zero-order chi connectivity index (χ0) is 24.2. The SMILES string of the molecule is Cc1c(-c2[nH]c3ccc(N4CCN(CC(C)(C)O)CC4)nc3c2C(C)C)cn2ncnc2c1C. The van der Waals surface area contributed by atoms with Gasteiger partial charge in [-0.1, -0.05) is 13.8 Å². The lowest BCUT2D eigenvalue weighted by Crippen LogP contribution is -2.50. The minimum absolute atomic E-state index is 0.307. The molecular weight excluding hydrogens is 426 g/mol. The Morgan fingerprint density at radius 3 is 2.50 bits per heavy atom. The molecule has 0 saturated carbocycles. The maximum absolute atomic E-state index is 10.2. The minimum Gasteiger partial charge on any atom is -0.389 e. The molecule has 180 valence electrons. The Balaban J connectivity index is 1.52. The molecule has 1 aliphatic heterocycles. The molecule has 0 aromatic carbocycles. The quantitative estimate of drug-likeness (QED) is 0.469. The first-order valence-corrected chi connectivity index (χ1v) is 12.1. The molecule has 5 heterocycles. The number of aryl methyl sites for hydroxylation is 1. The van der Waals surface area contributed by atoms with Crippen LogP contribution in [0.2, 0.25) is 0 Å². The van der Waals surface area contributed by atoms with Crippen LogP contribution in [-0.2, 0) is 0 Å². The number of hydrogen-bond acceptors (Lipinski definition) is 6. The van der Waals surface area contributed by atoms with Gasteiger partial charge in [0.1, 0.15) is 12.1 Å². The van der Waals surface area contributed by atoms with Crippen molar-refractivity contribution in [3.8, 4) is 11.3 Å². The number of aliphatic hydroxyl groups is 1. The van der Waals surface area contributed by atoms with E-state index in [1.54, 1.807) is 6.33 Å². The lowest BCUT2D eigenvalue weighted by atomic mass is 9.95. The number of pyridine rings is 2. The van der Waals surface area contributed by atoms with Crippen molar-refractivity contribution in [3.05, 3.63) is 41.3 Å². The van der Waals surface area contributed by atoms with Crippen LogP contribution in [0.1, 0.15) is 50.3 Å². The van der Waals surface area contributed by atoms with E-state index in [4.69, 9.17) is 4.98 Å². The molecule has 1 fully saturated rings. The van der Waals surface area contributed by atoms with Crippen molar-refractivity contribution in [3.63, 3.8) is 0 Å². The predicted octanol–water partition coefficient (Wildman–Crippen LogP) is 3.91. The molecular formula is C26H35N7O. The monoisotopic (exact) mass is 461 g/mol. The van der Waals surface area contributed by atoms with Crippen LogP contribution in [0.4, 0.5) is 5.82 Å². The average molecular weight is 462 g/mol. The first-order chi connectivity index (χ1) is 16.1. The number of rotatable bonds is 5. The van der Waals surface area contributed by atoms with Gasteiger partial charge >= 0.3 is 0 Å². The Morgan fingerprint density at radius 2 is 1.82 bits per heavy atom. The molecule has 2 N–H and O–H groups in total. The normalized spacial score (nSPS) is 15.8. The number of aromatic nitrogens is 5. The number of anilines is 1. The second-order valence-corrected chi connectivity index (χ2v) is 10.5. The Bertz CT molecular complexity index is 1340. The van der Waals surface area contributed by atoms with E-state index in [1.807, 2.05) is 18.4 Å². The highest BCUT2D eigenvalue weighted by Crippen LogP contribution is 2.38. The molecule has 0 aliphatic carbocycles. The van der Waals surface area contributed by atoms with Crippen LogP contribution in [-0.4, -0.2) is 72.9 Å². The van der Waals surface area contributed by atoms with Crippen LogP contribution in [0.15, 0.2) is 24.7 Å². The molecule has 0 amide bonds. The van der Waals surface area contributed by atoms with Crippen molar-refractivity contribution in [1.29, 1.82) is 0 Å². The Labute approximate surface area is 200 Å². The first-order valence-electron chi connectivity index (χ1n) is 12.1. The average Bonchev–Trinajstić information content (AvgIpc) is 3.39. The van der Waals surface area contributed by atoms with Gasteiger partial charge in [0, 0.05) is 50.0 Å². The molecule has 1 saturated heterocycles. The van der Waals surface area contributed by atoms with E-state index >= 15 is 0 Å². The van der Waals surface area contributed by atoms with Crippen molar-refractivity contribution in [2.24, 2.45) is 0 Å². The van der Waals surface area contributed by atoms with E-state index in [2.05, 4.69) is 70.9 Å². The van der Waals surface area contributed by atoms with Gasteiger partial charge in [0.25, 0.3) is 0 Å². The largest absolute Gasteiger partial charge is 0.389 e. The lowest BCUT2D eigenvalue weighted by Gasteiger charge is -2.37. The van der Waals surface area contributed by atoms with Gasteiger partial charge in [-0.15, -0.1) is 0 Å². The van der Waals surface area contributed by atoms with E-state index in [0.717, 1.165) is 65.5 Å². The van der Waals surface area contributed by atoms with Crippen LogP contribution >= 0.6 is 0 Å². The molecule has 0 atom stereocenters. The van der Waals surface area contributed by atoms with Crippen LogP contribution in [0.5, 0.6) is 0 Å². The zero-order valence-electron chi connectivity index (χ0n) is 21.1. The summed E-state index contributed by atoms with van der Waals surface area (Å²) in [7, 11) is 0. The Hall–Kier alpha value is -2.97. The number of H-pyrrole nitrogens is 1. The number of fused-ring (bicyclic) bond motifs is 2. The van der Waals surface area contributed by atoms with Gasteiger partial charge in [0.05, 0.1) is 22.3 Å². The van der Waals surface area contributed by atoms with Gasteiger partial charge in [-0.25, -0.2) is 14.5 Å². The molecule has 8 nitrogen and oxygen atoms in total. The third kappa shape index (κ3) is 4.05. The molecule has 4 aromatic rings. The van der Waals surface area contributed by atoms with Crippen molar-refractivity contribution in [2.45, 2.75) is 53.1 Å². The third-order valence-electron chi connectivity index (χ3n) is 6.94. The standard InChI is InChI=1S/C26H35N7O/c1-16(2)22-23(19-13-33-25(27-15-28-33)18(4)17(19)3)29-20-7-8-21(30-24(20)22)32-11-9-31(10-12-32)14-26(5,6)34/h7-8,13,15-16,29,34H,9-12,14H2,1-6H3. The van der Waals surface area contributed by atoms with E-state index in [1.165, 1.54) is 11.1 Å². The van der Waals surface area contributed by atoms with Gasteiger partial charge in [-0.3, -0.25) is 4.90 Å². The summed E-state index contributed by atoms with van der Waals surface area (Å²) in [6.45, 7) is 16.8. The van der Waals surface area contributed by atoms with Gasteiger partial charge in [0.15, 0.2) is 5.65 Å². The second kappa shape index (κ2) is 8.36. The Kier molecular flexibility index (Phi) is 5.61. The number of β-amino-alcohol motifs (C(OH)–C–C–N with tert-alkyl or cyclic N) is 1. The van der Waals surface area contributed by atoms with E-state index in [0.29, 0.717) is 12.5 Å². The van der Waals surface area contributed by atoms with Gasteiger partial charge in [-0.2, -0.15) is 5.10 Å². The van der Waals surface area contributed by atoms with Gasteiger partial charge < -0.3 is 15.0 Å². The lowest BCUT2D eigenvalue weighted by molar-refractivity contribution is 0.0344. The highest BCUT2D eigenvalue weighted by Gasteiger charge is 2.25. The predicted molar refractivity (Wildman–Crippen MR) is 137 cm³/mol. The number of piperazine rings is 1. The van der Waals surface area contributed by atoms with Gasteiger partial charge in [0.2, 0.25) is 0 Å². The molecule has 0 bridgehead atoms. The summed E-state index contributed by atoms with van der Waals surface area (Å²) in [5.74, 6) is 1.32. The molecule has 1 aliphatic rings. The number of aromatic amines is 1. The summed E-state index contributed by atoms with van der Waals surface area (Å²) < 4.78 is 1.86. The summed E-state index contributed by atoms with van der Waals surface area (Å²) in [5, 5.41) is 14.5. The van der Waals surface area contributed by atoms with Crippen LogP contribution in [0.25, 0.3) is 27.9 Å². The number of nitrogens with one attached hydrogen (secondary N) is 1. The fourth-order valence-electron chi connectivity index (χ4n) is 5.16. The molecule has 0 spiro atoms. The third-order valence-corrected chi connectivity index (χ3v) is 6.94. The summed E-state index contributed by atoms with van der Waals surface area (Å²) in [6.07, 6.45) is 3.68. The van der Waals surface area contributed by atoms with Crippen molar-refractivity contribution in [2.75, 3.05) is 37.6 Å². The van der Waals surface area contributed by atoms with Crippen molar-refractivity contribution < 1.29 is 5.11 Å². The Morgan fingerprint density at radius 1 is 1.09 bits per heavy atom. The van der Waals surface area contributed by atoms with Crippen molar-refractivity contribution >= 4 is 22.5 Å². The summed E-state index contributed by atoms with van der Waals surface area (Å²) in [5.41, 5.74) is 8.15.